The largest absolute Gasteiger partial charge is 0.464 e. The van der Waals surface area contributed by atoms with Crippen LogP contribution in [0.4, 0.5) is 5.69 Å². The molecule has 124 valence electrons. The number of nitrogens with zero attached hydrogens (tertiary/aromatic N) is 7. The minimum Gasteiger partial charge on any atom is -0.464 e. The van der Waals surface area contributed by atoms with Crippen molar-refractivity contribution in [1.29, 1.82) is 0 Å². The van der Waals surface area contributed by atoms with Gasteiger partial charge in [-0.3, -0.25) is 4.68 Å². The normalized spacial score (nSPS) is 14.0. The van der Waals surface area contributed by atoms with E-state index in [1.54, 1.807) is 15.5 Å². The minimum atomic E-state index is -0.410. The highest BCUT2D eigenvalue weighted by Gasteiger charge is 2.29. The highest BCUT2D eigenvalue weighted by atomic mass is 16.5. The number of aryl methyl sites for hydroxylation is 2. The zero-order valence-corrected chi connectivity index (χ0v) is 13.7. The molecule has 0 fully saturated rings. The average Bonchev–Trinajstić information content (AvgIpc) is 3.17. The number of methoxy groups -OCH3 is 1. The van der Waals surface area contributed by atoms with E-state index in [1.165, 1.54) is 7.11 Å². The molecule has 24 heavy (non-hydrogen) atoms. The number of carbonyl (C=O) groups excluding carboxylic acids is 1. The molecule has 3 aromatic rings. The number of fused-ring (bicyclic) bond motifs is 2. The lowest BCUT2D eigenvalue weighted by Crippen LogP contribution is -2.32. The minimum absolute atomic E-state index is 0.378. The maximum absolute atomic E-state index is 12.0. The van der Waals surface area contributed by atoms with Gasteiger partial charge in [0.15, 0.2) is 5.69 Å². The fourth-order valence-electron chi connectivity index (χ4n) is 3.22. The summed E-state index contributed by atoms with van der Waals surface area (Å²) in [5, 5.41) is 16.8. The van der Waals surface area contributed by atoms with Gasteiger partial charge < -0.3 is 9.64 Å². The number of esters is 1. The van der Waals surface area contributed by atoms with Gasteiger partial charge in [0.2, 0.25) is 5.65 Å². The third-order valence-corrected chi connectivity index (χ3v) is 4.33. The summed E-state index contributed by atoms with van der Waals surface area (Å²) in [6.45, 7) is 3.31. The Morgan fingerprint density at radius 3 is 2.96 bits per heavy atom. The predicted molar refractivity (Wildman–Crippen MR) is 84.8 cm³/mol. The number of carbonyl (C=O) groups is 1. The highest BCUT2D eigenvalue weighted by molar-refractivity contribution is 5.89. The summed E-state index contributed by atoms with van der Waals surface area (Å²) in [6, 6.07) is 1.99. The molecule has 0 radical (unpaired) electrons. The Bertz CT molecular complexity index is 943. The molecule has 3 aromatic heterocycles. The number of rotatable bonds is 2. The number of anilines is 1. The zero-order valence-electron chi connectivity index (χ0n) is 13.7. The molecule has 1 aliphatic rings. The molecular formula is C15H17N7O2. The summed E-state index contributed by atoms with van der Waals surface area (Å²) in [7, 11) is 3.23. The van der Waals surface area contributed by atoms with Crippen molar-refractivity contribution < 1.29 is 9.53 Å². The average molecular weight is 327 g/mol. The van der Waals surface area contributed by atoms with Gasteiger partial charge in [-0.2, -0.15) is 14.7 Å². The Kier molecular flexibility index (Phi) is 3.22. The summed E-state index contributed by atoms with van der Waals surface area (Å²) >= 11 is 0. The SMILES string of the molecule is COC(=O)c1nn(C)c2c1CN(c1cc(C)nn3cnnc13)CC2. The molecule has 4 heterocycles. The first-order chi connectivity index (χ1) is 11.6. The Morgan fingerprint density at radius 2 is 2.17 bits per heavy atom. The number of hydrogen-bond donors (Lipinski definition) is 0. The first kappa shape index (κ1) is 14.6. The van der Waals surface area contributed by atoms with Crippen LogP contribution in [0.1, 0.15) is 27.4 Å². The molecule has 0 unspecified atom stereocenters. The van der Waals surface area contributed by atoms with E-state index < -0.39 is 5.97 Å². The van der Waals surface area contributed by atoms with Crippen LogP contribution in [-0.4, -0.2) is 49.2 Å². The molecule has 0 saturated carbocycles. The van der Waals surface area contributed by atoms with Crippen molar-refractivity contribution in [3.8, 4) is 0 Å². The molecule has 1 aliphatic heterocycles. The molecule has 0 saturated heterocycles. The number of hydrogen-bond acceptors (Lipinski definition) is 7. The number of ether oxygens (including phenoxy) is 1. The molecule has 9 nitrogen and oxygen atoms in total. The smallest absolute Gasteiger partial charge is 0.358 e. The topological polar surface area (TPSA) is 90.4 Å². The van der Waals surface area contributed by atoms with Crippen molar-refractivity contribution >= 4 is 17.3 Å². The van der Waals surface area contributed by atoms with Gasteiger partial charge in [-0.05, 0) is 13.0 Å². The lowest BCUT2D eigenvalue weighted by atomic mass is 10.0. The molecule has 0 aliphatic carbocycles. The van der Waals surface area contributed by atoms with E-state index in [4.69, 9.17) is 4.74 Å². The van der Waals surface area contributed by atoms with E-state index in [-0.39, 0.29) is 0 Å². The van der Waals surface area contributed by atoms with Crippen LogP contribution in [0.25, 0.3) is 5.65 Å². The van der Waals surface area contributed by atoms with Crippen LogP contribution in [0.2, 0.25) is 0 Å². The van der Waals surface area contributed by atoms with Crippen molar-refractivity contribution in [2.24, 2.45) is 7.05 Å². The third-order valence-electron chi connectivity index (χ3n) is 4.33. The Morgan fingerprint density at radius 1 is 1.33 bits per heavy atom. The molecular weight excluding hydrogens is 310 g/mol. The molecule has 0 bridgehead atoms. The first-order valence-electron chi connectivity index (χ1n) is 7.64. The van der Waals surface area contributed by atoms with Crippen molar-refractivity contribution in [1.82, 2.24) is 29.6 Å². The van der Waals surface area contributed by atoms with Gasteiger partial charge in [-0.15, -0.1) is 10.2 Å². The van der Waals surface area contributed by atoms with E-state index in [9.17, 15) is 4.79 Å². The van der Waals surface area contributed by atoms with E-state index >= 15 is 0 Å². The van der Waals surface area contributed by atoms with E-state index in [0.29, 0.717) is 17.9 Å². The van der Waals surface area contributed by atoms with Gasteiger partial charge in [0.05, 0.1) is 18.5 Å². The van der Waals surface area contributed by atoms with Crippen LogP contribution < -0.4 is 4.90 Å². The van der Waals surface area contributed by atoms with Gasteiger partial charge >= 0.3 is 5.97 Å². The molecule has 0 spiro atoms. The Hall–Kier alpha value is -2.97. The second-order valence-corrected chi connectivity index (χ2v) is 5.83. The quantitative estimate of drug-likeness (QED) is 0.634. The molecule has 0 aromatic carbocycles. The fraction of sp³-hybridized carbons (Fsp3) is 0.400. The summed E-state index contributed by atoms with van der Waals surface area (Å²) in [4.78, 5) is 14.2. The van der Waals surface area contributed by atoms with Gasteiger partial charge in [-0.25, -0.2) is 4.79 Å². The Balaban J connectivity index is 1.78. The van der Waals surface area contributed by atoms with Crippen LogP contribution in [-0.2, 0) is 24.8 Å². The molecule has 0 N–H and O–H groups in total. The second kappa shape index (κ2) is 5.29. The lowest BCUT2D eigenvalue weighted by Gasteiger charge is -2.29. The van der Waals surface area contributed by atoms with Gasteiger partial charge in [0.25, 0.3) is 0 Å². The van der Waals surface area contributed by atoms with Crippen LogP contribution in [0.5, 0.6) is 0 Å². The van der Waals surface area contributed by atoms with Gasteiger partial charge in [0, 0.05) is 37.8 Å². The van der Waals surface area contributed by atoms with Crippen LogP contribution >= 0.6 is 0 Å². The van der Waals surface area contributed by atoms with Crippen molar-refractivity contribution in [2.75, 3.05) is 18.6 Å². The van der Waals surface area contributed by atoms with Crippen LogP contribution in [0, 0.1) is 6.92 Å². The summed E-state index contributed by atoms with van der Waals surface area (Å²) in [6.07, 6.45) is 2.38. The van der Waals surface area contributed by atoms with Crippen molar-refractivity contribution in [3.63, 3.8) is 0 Å². The van der Waals surface area contributed by atoms with Crippen molar-refractivity contribution in [3.05, 3.63) is 35.0 Å². The molecule has 0 atom stereocenters. The lowest BCUT2D eigenvalue weighted by molar-refractivity contribution is 0.0592. The zero-order chi connectivity index (χ0) is 16.8. The maximum atomic E-state index is 12.0. The monoisotopic (exact) mass is 327 g/mol. The van der Waals surface area contributed by atoms with Gasteiger partial charge in [0.1, 0.15) is 6.33 Å². The first-order valence-corrected chi connectivity index (χ1v) is 7.64. The molecule has 9 heteroatoms. The number of aromatic nitrogens is 6. The van der Waals surface area contributed by atoms with E-state index in [1.807, 2.05) is 20.0 Å². The Labute approximate surface area is 137 Å². The van der Waals surface area contributed by atoms with Gasteiger partial charge in [-0.1, -0.05) is 0 Å². The molecule has 0 amide bonds. The van der Waals surface area contributed by atoms with Crippen molar-refractivity contribution in [2.45, 2.75) is 19.9 Å². The highest BCUT2D eigenvalue weighted by Crippen LogP contribution is 2.29. The third kappa shape index (κ3) is 2.12. The summed E-state index contributed by atoms with van der Waals surface area (Å²) < 4.78 is 8.30. The molecule has 4 rings (SSSR count). The maximum Gasteiger partial charge on any atom is 0.358 e. The predicted octanol–water partition coefficient (Wildman–Crippen LogP) is 0.516. The second-order valence-electron chi connectivity index (χ2n) is 5.83. The van der Waals surface area contributed by atoms with Crippen LogP contribution in [0.3, 0.4) is 0 Å². The van der Waals surface area contributed by atoms with E-state index in [2.05, 4.69) is 25.3 Å². The fourth-order valence-corrected chi connectivity index (χ4v) is 3.22. The standard InChI is InChI=1S/C15H17N7O2/c1-9-6-12(14-17-16-8-22(14)18-9)21-5-4-11-10(7-21)13(15(23)24-3)19-20(11)2/h6,8H,4-5,7H2,1-3H3. The van der Waals surface area contributed by atoms with Crippen LogP contribution in [0.15, 0.2) is 12.4 Å². The van der Waals surface area contributed by atoms with E-state index in [0.717, 1.165) is 35.6 Å². The summed E-state index contributed by atoms with van der Waals surface area (Å²) in [5.41, 5.74) is 4.88. The summed E-state index contributed by atoms with van der Waals surface area (Å²) in [5.74, 6) is -0.410.